The molecule has 1 fully saturated rings. The molecule has 1 aliphatic rings. The lowest BCUT2D eigenvalue weighted by Crippen LogP contribution is -2.37. The number of likely N-dealkylation sites (tertiary alicyclic amines) is 1. The molecule has 0 spiro atoms. The van der Waals surface area contributed by atoms with Crippen LogP contribution in [0, 0.1) is 11.7 Å². The van der Waals surface area contributed by atoms with Gasteiger partial charge in [0.2, 0.25) is 11.2 Å². The SMILES string of the molecule is COc1coc(CN2CCC[C@@H](COc3ccccc3F)C2)cc1=O. The Balaban J connectivity index is 1.55. The first-order valence-corrected chi connectivity index (χ1v) is 8.41. The van der Waals surface area contributed by atoms with Crippen molar-refractivity contribution >= 4 is 0 Å². The van der Waals surface area contributed by atoms with Gasteiger partial charge in [0, 0.05) is 18.5 Å². The third kappa shape index (κ3) is 4.60. The minimum absolute atomic E-state index is 0.180. The molecule has 25 heavy (non-hydrogen) atoms. The zero-order chi connectivity index (χ0) is 17.6. The summed E-state index contributed by atoms with van der Waals surface area (Å²) >= 11 is 0. The largest absolute Gasteiger partial charge is 0.490 e. The number of hydrogen-bond acceptors (Lipinski definition) is 5. The number of hydrogen-bond donors (Lipinski definition) is 0. The molecule has 5 nitrogen and oxygen atoms in total. The molecule has 0 bridgehead atoms. The summed E-state index contributed by atoms with van der Waals surface area (Å²) in [6, 6.07) is 7.92. The first-order valence-electron chi connectivity index (χ1n) is 8.41. The van der Waals surface area contributed by atoms with Crippen LogP contribution in [-0.4, -0.2) is 31.7 Å². The summed E-state index contributed by atoms with van der Waals surface area (Å²) in [6.07, 6.45) is 3.42. The highest BCUT2D eigenvalue weighted by molar-refractivity contribution is 5.23. The van der Waals surface area contributed by atoms with Gasteiger partial charge in [-0.1, -0.05) is 12.1 Å². The molecule has 1 aromatic heterocycles. The lowest BCUT2D eigenvalue weighted by molar-refractivity contribution is 0.116. The number of rotatable bonds is 6. The summed E-state index contributed by atoms with van der Waals surface area (Å²) in [5, 5.41) is 0. The fraction of sp³-hybridized carbons (Fsp3) is 0.421. The van der Waals surface area contributed by atoms with Gasteiger partial charge in [0.25, 0.3) is 0 Å². The smallest absolute Gasteiger partial charge is 0.227 e. The highest BCUT2D eigenvalue weighted by Gasteiger charge is 2.22. The molecule has 0 unspecified atom stereocenters. The highest BCUT2D eigenvalue weighted by atomic mass is 19.1. The van der Waals surface area contributed by atoms with Crippen molar-refractivity contribution < 1.29 is 18.3 Å². The van der Waals surface area contributed by atoms with Crippen LogP contribution in [0.1, 0.15) is 18.6 Å². The maximum atomic E-state index is 13.6. The number of ether oxygens (including phenoxy) is 2. The molecular formula is C19H22FNO4. The van der Waals surface area contributed by atoms with E-state index in [0.717, 1.165) is 25.9 Å². The number of methoxy groups -OCH3 is 1. The molecular weight excluding hydrogens is 325 g/mol. The summed E-state index contributed by atoms with van der Waals surface area (Å²) in [7, 11) is 1.44. The molecule has 6 heteroatoms. The Kier molecular flexibility index (Phi) is 5.71. The van der Waals surface area contributed by atoms with E-state index < -0.39 is 0 Å². The fourth-order valence-corrected chi connectivity index (χ4v) is 3.09. The van der Waals surface area contributed by atoms with Crippen molar-refractivity contribution in [3.8, 4) is 11.5 Å². The second kappa shape index (κ2) is 8.16. The van der Waals surface area contributed by atoms with Crippen molar-refractivity contribution in [1.29, 1.82) is 0 Å². The minimum Gasteiger partial charge on any atom is -0.490 e. The zero-order valence-corrected chi connectivity index (χ0v) is 14.2. The van der Waals surface area contributed by atoms with Gasteiger partial charge in [0.15, 0.2) is 11.6 Å². The van der Waals surface area contributed by atoms with Crippen LogP contribution in [0.5, 0.6) is 11.5 Å². The van der Waals surface area contributed by atoms with Gasteiger partial charge in [-0.15, -0.1) is 0 Å². The molecule has 0 aliphatic carbocycles. The number of halogens is 1. The van der Waals surface area contributed by atoms with Crippen LogP contribution in [0.2, 0.25) is 0 Å². The van der Waals surface area contributed by atoms with Crippen LogP contribution in [0.3, 0.4) is 0 Å². The summed E-state index contributed by atoms with van der Waals surface area (Å²) in [5.41, 5.74) is -0.180. The lowest BCUT2D eigenvalue weighted by Gasteiger charge is -2.32. The van der Waals surface area contributed by atoms with E-state index in [0.29, 0.717) is 30.6 Å². The van der Waals surface area contributed by atoms with E-state index >= 15 is 0 Å². The number of benzene rings is 1. The van der Waals surface area contributed by atoms with Gasteiger partial charge in [-0.05, 0) is 31.5 Å². The molecule has 1 aromatic carbocycles. The van der Waals surface area contributed by atoms with E-state index in [9.17, 15) is 9.18 Å². The van der Waals surface area contributed by atoms with Crippen molar-refractivity contribution in [3.05, 3.63) is 58.4 Å². The van der Waals surface area contributed by atoms with Crippen LogP contribution >= 0.6 is 0 Å². The highest BCUT2D eigenvalue weighted by Crippen LogP contribution is 2.22. The van der Waals surface area contributed by atoms with E-state index in [1.165, 1.54) is 25.5 Å². The van der Waals surface area contributed by atoms with Gasteiger partial charge in [0.05, 0.1) is 20.3 Å². The molecule has 0 radical (unpaired) electrons. The van der Waals surface area contributed by atoms with Crippen molar-refractivity contribution in [2.75, 3.05) is 26.8 Å². The molecule has 0 amide bonds. The number of para-hydroxylation sites is 1. The summed E-state index contributed by atoms with van der Waals surface area (Å²) in [4.78, 5) is 14.0. The van der Waals surface area contributed by atoms with Gasteiger partial charge >= 0.3 is 0 Å². The van der Waals surface area contributed by atoms with Crippen LogP contribution in [0.4, 0.5) is 4.39 Å². The minimum atomic E-state index is -0.338. The second-order valence-corrected chi connectivity index (χ2v) is 6.26. The third-order valence-corrected chi connectivity index (χ3v) is 4.37. The average Bonchev–Trinajstić information content (AvgIpc) is 2.62. The maximum Gasteiger partial charge on any atom is 0.227 e. The zero-order valence-electron chi connectivity index (χ0n) is 14.2. The Bertz CT molecular complexity index is 761. The summed E-state index contributed by atoms with van der Waals surface area (Å²) < 4.78 is 29.6. The molecule has 1 atom stereocenters. The second-order valence-electron chi connectivity index (χ2n) is 6.26. The normalized spacial score (nSPS) is 18.1. The van der Waals surface area contributed by atoms with Crippen molar-refractivity contribution in [2.24, 2.45) is 5.92 Å². The molecule has 3 rings (SSSR count). The Morgan fingerprint density at radius 1 is 1.32 bits per heavy atom. The molecule has 0 saturated carbocycles. The molecule has 2 aromatic rings. The average molecular weight is 347 g/mol. The van der Waals surface area contributed by atoms with Gasteiger partial charge < -0.3 is 13.9 Å². The summed E-state index contributed by atoms with van der Waals surface area (Å²) in [5.74, 6) is 1.09. The topological polar surface area (TPSA) is 51.9 Å². The number of nitrogens with zero attached hydrogens (tertiary/aromatic N) is 1. The Labute approximate surface area is 146 Å². The predicted molar refractivity (Wildman–Crippen MR) is 91.4 cm³/mol. The third-order valence-electron chi connectivity index (χ3n) is 4.37. The quantitative estimate of drug-likeness (QED) is 0.804. The standard InChI is InChI=1S/C19H22FNO4/c1-23-19-13-24-15(9-17(19)22)11-21-8-4-5-14(10-21)12-25-18-7-3-2-6-16(18)20/h2-3,6-7,9,13-14H,4-5,8,10-12H2,1H3/t14-/m1/s1. The first-order chi connectivity index (χ1) is 12.2. The first kappa shape index (κ1) is 17.5. The van der Waals surface area contributed by atoms with E-state index in [4.69, 9.17) is 13.9 Å². The van der Waals surface area contributed by atoms with Crippen molar-refractivity contribution in [1.82, 2.24) is 4.90 Å². The molecule has 0 N–H and O–H groups in total. The van der Waals surface area contributed by atoms with Gasteiger partial charge in [-0.2, -0.15) is 0 Å². The Morgan fingerprint density at radius 2 is 2.16 bits per heavy atom. The van der Waals surface area contributed by atoms with Crippen LogP contribution < -0.4 is 14.9 Å². The Morgan fingerprint density at radius 3 is 2.92 bits per heavy atom. The molecule has 134 valence electrons. The van der Waals surface area contributed by atoms with Gasteiger partial charge in [-0.25, -0.2) is 4.39 Å². The van der Waals surface area contributed by atoms with Crippen molar-refractivity contribution in [2.45, 2.75) is 19.4 Å². The van der Waals surface area contributed by atoms with E-state index in [-0.39, 0.29) is 17.0 Å². The lowest BCUT2D eigenvalue weighted by atomic mass is 9.99. The summed E-state index contributed by atoms with van der Waals surface area (Å²) in [6.45, 7) is 2.80. The molecule has 1 aliphatic heterocycles. The Hall–Kier alpha value is -2.34. The van der Waals surface area contributed by atoms with E-state index in [2.05, 4.69) is 4.90 Å². The van der Waals surface area contributed by atoms with Gasteiger partial charge in [0.1, 0.15) is 12.0 Å². The van der Waals surface area contributed by atoms with E-state index in [1.54, 1.807) is 18.2 Å². The number of piperidine rings is 1. The van der Waals surface area contributed by atoms with Crippen LogP contribution in [0.25, 0.3) is 0 Å². The predicted octanol–water partition coefficient (Wildman–Crippen LogP) is 3.08. The van der Waals surface area contributed by atoms with E-state index in [1.807, 2.05) is 0 Å². The van der Waals surface area contributed by atoms with Gasteiger partial charge in [-0.3, -0.25) is 9.69 Å². The molecule has 1 saturated heterocycles. The maximum absolute atomic E-state index is 13.6. The molecule has 2 heterocycles. The van der Waals surface area contributed by atoms with Crippen LogP contribution in [-0.2, 0) is 6.54 Å². The monoisotopic (exact) mass is 347 g/mol. The fourth-order valence-electron chi connectivity index (χ4n) is 3.09. The van der Waals surface area contributed by atoms with Crippen LogP contribution in [0.15, 0.2) is 45.8 Å². The van der Waals surface area contributed by atoms with Crippen molar-refractivity contribution in [3.63, 3.8) is 0 Å².